The number of benzene rings is 3. The molecule has 0 aliphatic heterocycles. The van der Waals surface area contributed by atoms with E-state index in [1.54, 1.807) is 24.3 Å². The van der Waals surface area contributed by atoms with Crippen molar-refractivity contribution in [2.24, 2.45) is 0 Å². The highest BCUT2D eigenvalue weighted by molar-refractivity contribution is 5.80. The Bertz CT molecular complexity index is 913. The molecule has 2 heteroatoms. The minimum Gasteiger partial charge on any atom is -0.457 e. The maximum absolute atomic E-state index is 10.7. The van der Waals surface area contributed by atoms with Gasteiger partial charge in [0.05, 0.1) is 0 Å². The van der Waals surface area contributed by atoms with Crippen molar-refractivity contribution in [1.82, 2.24) is 0 Å². The summed E-state index contributed by atoms with van der Waals surface area (Å²) in [6.45, 7) is 6.35. The Labute approximate surface area is 154 Å². The molecule has 0 fully saturated rings. The molecule has 0 unspecified atom stereocenters. The van der Waals surface area contributed by atoms with Crippen LogP contribution in [-0.4, -0.2) is 6.29 Å². The summed E-state index contributed by atoms with van der Waals surface area (Å²) in [6, 6.07) is 21.7. The fraction of sp³-hybridized carbons (Fsp3) is 0.125. The van der Waals surface area contributed by atoms with E-state index in [1.165, 1.54) is 22.3 Å². The summed E-state index contributed by atoms with van der Waals surface area (Å²) >= 11 is 0. The first-order valence-electron chi connectivity index (χ1n) is 8.63. The van der Waals surface area contributed by atoms with Gasteiger partial charge < -0.3 is 4.74 Å². The van der Waals surface area contributed by atoms with Gasteiger partial charge >= 0.3 is 0 Å². The first-order chi connectivity index (χ1) is 12.5. The van der Waals surface area contributed by atoms with Crippen molar-refractivity contribution in [3.8, 4) is 11.5 Å². The molecule has 26 heavy (non-hydrogen) atoms. The molecule has 0 amide bonds. The number of carbonyl (C=O) groups excluding carboxylic acids is 1. The van der Waals surface area contributed by atoms with Crippen LogP contribution in [0.1, 0.15) is 39.5 Å². The predicted octanol–water partition coefficient (Wildman–Crippen LogP) is 6.47. The Hall–Kier alpha value is -3.13. The normalized spacial score (nSPS) is 11.3. The fourth-order valence-corrected chi connectivity index (χ4v) is 2.96. The topological polar surface area (TPSA) is 26.3 Å². The molecule has 0 heterocycles. The number of allylic oxidation sites excluding steroid dienone is 1. The Morgan fingerprint density at radius 3 is 1.85 bits per heavy atom. The molecule has 0 aromatic heterocycles. The Morgan fingerprint density at radius 1 is 0.769 bits per heavy atom. The summed E-state index contributed by atoms with van der Waals surface area (Å²) in [4.78, 5) is 10.7. The van der Waals surface area contributed by atoms with Crippen molar-refractivity contribution in [2.75, 3.05) is 0 Å². The van der Waals surface area contributed by atoms with Gasteiger partial charge in [0.2, 0.25) is 0 Å². The summed E-state index contributed by atoms with van der Waals surface area (Å²) in [6.07, 6.45) is 3.03. The van der Waals surface area contributed by atoms with Crippen molar-refractivity contribution < 1.29 is 9.53 Å². The average molecular weight is 342 g/mol. The van der Waals surface area contributed by atoms with Gasteiger partial charge in [0.15, 0.2) is 0 Å². The van der Waals surface area contributed by atoms with Crippen molar-refractivity contribution in [3.63, 3.8) is 0 Å². The largest absolute Gasteiger partial charge is 0.457 e. The molecule has 3 aromatic carbocycles. The molecule has 0 radical (unpaired) electrons. The van der Waals surface area contributed by atoms with Crippen LogP contribution in [0.15, 0.2) is 66.7 Å². The maximum atomic E-state index is 10.7. The van der Waals surface area contributed by atoms with Crippen molar-refractivity contribution in [1.29, 1.82) is 0 Å². The summed E-state index contributed by atoms with van der Waals surface area (Å²) in [5.41, 5.74) is 6.77. The Kier molecular flexibility index (Phi) is 5.33. The van der Waals surface area contributed by atoms with E-state index in [2.05, 4.69) is 57.2 Å². The zero-order valence-corrected chi connectivity index (χ0v) is 15.3. The van der Waals surface area contributed by atoms with Gasteiger partial charge in [0.1, 0.15) is 17.8 Å². The molecule has 0 aliphatic carbocycles. The molecule has 3 aromatic rings. The third kappa shape index (κ3) is 4.48. The Morgan fingerprint density at radius 2 is 1.31 bits per heavy atom. The minimum absolute atomic E-state index is 0.639. The van der Waals surface area contributed by atoms with Gasteiger partial charge in [-0.05, 0) is 73.9 Å². The highest BCUT2D eigenvalue weighted by atomic mass is 16.5. The second kappa shape index (κ2) is 7.83. The van der Waals surface area contributed by atoms with Gasteiger partial charge in [0, 0.05) is 5.56 Å². The number of carbonyl (C=O) groups is 1. The SMILES string of the molecule is C/C(=C/c1cc(C)cc(C)c1)c1ccc(Oc2ccc(C=O)cc2)cc1. The number of hydrogen-bond acceptors (Lipinski definition) is 2. The summed E-state index contributed by atoms with van der Waals surface area (Å²) in [5.74, 6) is 1.48. The second-order valence-corrected chi connectivity index (χ2v) is 6.56. The molecule has 0 spiro atoms. The van der Waals surface area contributed by atoms with Gasteiger partial charge in [-0.25, -0.2) is 0 Å². The van der Waals surface area contributed by atoms with E-state index in [-0.39, 0.29) is 0 Å². The summed E-state index contributed by atoms with van der Waals surface area (Å²) in [7, 11) is 0. The molecule has 3 rings (SSSR count). The lowest BCUT2D eigenvalue weighted by atomic mass is 10.0. The third-order valence-corrected chi connectivity index (χ3v) is 4.19. The second-order valence-electron chi connectivity index (χ2n) is 6.56. The van der Waals surface area contributed by atoms with Crippen LogP contribution in [0, 0.1) is 13.8 Å². The van der Waals surface area contributed by atoms with E-state index in [9.17, 15) is 4.79 Å². The lowest BCUT2D eigenvalue weighted by molar-refractivity contribution is 0.112. The third-order valence-electron chi connectivity index (χ3n) is 4.19. The minimum atomic E-state index is 0.639. The van der Waals surface area contributed by atoms with E-state index in [0.717, 1.165) is 17.6 Å². The quantitative estimate of drug-likeness (QED) is 0.392. The van der Waals surface area contributed by atoms with Gasteiger partial charge in [0.25, 0.3) is 0 Å². The molecule has 130 valence electrons. The molecular weight excluding hydrogens is 320 g/mol. The zero-order valence-electron chi connectivity index (χ0n) is 15.3. The van der Waals surface area contributed by atoms with E-state index in [4.69, 9.17) is 4.74 Å². The monoisotopic (exact) mass is 342 g/mol. The van der Waals surface area contributed by atoms with Gasteiger partial charge in [-0.2, -0.15) is 0 Å². The predicted molar refractivity (Wildman–Crippen MR) is 108 cm³/mol. The molecular formula is C24H22O2. The van der Waals surface area contributed by atoms with Crippen molar-refractivity contribution in [3.05, 3.63) is 94.5 Å². The van der Waals surface area contributed by atoms with Gasteiger partial charge in [-0.3, -0.25) is 4.79 Å². The Balaban J connectivity index is 1.75. The van der Waals surface area contributed by atoms with Crippen LogP contribution in [-0.2, 0) is 0 Å². The highest BCUT2D eigenvalue weighted by Crippen LogP contribution is 2.25. The number of hydrogen-bond donors (Lipinski definition) is 0. The number of aldehydes is 1. The number of ether oxygens (including phenoxy) is 1. The highest BCUT2D eigenvalue weighted by Gasteiger charge is 2.01. The van der Waals surface area contributed by atoms with Gasteiger partial charge in [-0.15, -0.1) is 0 Å². The molecule has 0 atom stereocenters. The fourth-order valence-electron chi connectivity index (χ4n) is 2.96. The molecule has 0 bridgehead atoms. The molecule has 0 saturated heterocycles. The van der Waals surface area contributed by atoms with Crippen LogP contribution < -0.4 is 4.74 Å². The smallest absolute Gasteiger partial charge is 0.150 e. The summed E-state index contributed by atoms with van der Waals surface area (Å²) < 4.78 is 5.83. The van der Waals surface area contributed by atoms with Crippen LogP contribution >= 0.6 is 0 Å². The van der Waals surface area contributed by atoms with Crippen molar-refractivity contribution >= 4 is 17.9 Å². The van der Waals surface area contributed by atoms with E-state index in [0.29, 0.717) is 11.3 Å². The van der Waals surface area contributed by atoms with E-state index < -0.39 is 0 Å². The average Bonchev–Trinajstić information content (AvgIpc) is 2.62. The number of aryl methyl sites for hydroxylation is 2. The summed E-state index contributed by atoms with van der Waals surface area (Å²) in [5, 5.41) is 0. The molecule has 2 nitrogen and oxygen atoms in total. The van der Waals surface area contributed by atoms with E-state index >= 15 is 0 Å². The van der Waals surface area contributed by atoms with Crippen LogP contribution in [0.5, 0.6) is 11.5 Å². The standard InChI is InChI=1S/C24H22O2/c1-17-12-18(2)14-21(13-17)15-19(3)22-6-10-24(11-7-22)26-23-8-4-20(16-25)5-9-23/h4-16H,1-3H3/b19-15-. The molecule has 0 N–H and O–H groups in total. The lowest BCUT2D eigenvalue weighted by Crippen LogP contribution is -1.87. The maximum Gasteiger partial charge on any atom is 0.150 e. The van der Waals surface area contributed by atoms with Crippen LogP contribution in [0.2, 0.25) is 0 Å². The zero-order chi connectivity index (χ0) is 18.5. The van der Waals surface area contributed by atoms with Crippen LogP contribution in [0.4, 0.5) is 0 Å². The molecule has 0 saturated carbocycles. The van der Waals surface area contributed by atoms with E-state index in [1.807, 2.05) is 12.1 Å². The number of rotatable bonds is 5. The molecule has 0 aliphatic rings. The van der Waals surface area contributed by atoms with Crippen LogP contribution in [0.25, 0.3) is 11.6 Å². The first kappa shape index (κ1) is 17.7. The van der Waals surface area contributed by atoms with Crippen LogP contribution in [0.3, 0.4) is 0 Å². The van der Waals surface area contributed by atoms with Gasteiger partial charge in [-0.1, -0.05) is 47.5 Å². The lowest BCUT2D eigenvalue weighted by Gasteiger charge is -2.08. The first-order valence-corrected chi connectivity index (χ1v) is 8.63. The van der Waals surface area contributed by atoms with Crippen molar-refractivity contribution in [2.45, 2.75) is 20.8 Å².